The summed E-state index contributed by atoms with van der Waals surface area (Å²) in [5, 5.41) is 20.0. The average molecular weight is 324 g/mol. The number of benzene rings is 2. The van der Waals surface area contributed by atoms with Crippen molar-refractivity contribution in [1.82, 2.24) is 0 Å². The molecule has 0 radical (unpaired) electrons. The lowest BCUT2D eigenvalue weighted by molar-refractivity contribution is -0.385. The van der Waals surface area contributed by atoms with E-state index in [2.05, 4.69) is 0 Å². The highest BCUT2D eigenvalue weighted by molar-refractivity contribution is 5.95. The monoisotopic (exact) mass is 324 g/mol. The summed E-state index contributed by atoms with van der Waals surface area (Å²) in [6, 6.07) is 3.82. The van der Waals surface area contributed by atoms with Crippen molar-refractivity contribution in [2.75, 3.05) is 5.73 Å². The Labute approximate surface area is 128 Å². The Morgan fingerprint density at radius 1 is 1.30 bits per heavy atom. The van der Waals surface area contributed by atoms with Crippen LogP contribution in [0.1, 0.15) is 15.9 Å². The molecular weight excluding hydrogens is 314 g/mol. The summed E-state index contributed by atoms with van der Waals surface area (Å²) in [7, 11) is 0. The van der Waals surface area contributed by atoms with E-state index in [9.17, 15) is 23.7 Å². The number of hydrogen-bond donors (Lipinski definition) is 2. The lowest BCUT2D eigenvalue weighted by Crippen LogP contribution is -2.07. The molecule has 0 aliphatic rings. The number of nitrogen functional groups attached to an aromatic ring is 1. The van der Waals surface area contributed by atoms with Crippen molar-refractivity contribution in [3.05, 3.63) is 57.1 Å². The molecule has 120 valence electrons. The molecule has 3 N–H and O–H groups in total. The highest BCUT2D eigenvalue weighted by atomic mass is 19.1. The Kier molecular flexibility index (Phi) is 4.12. The summed E-state index contributed by atoms with van der Waals surface area (Å²) < 4.78 is 32.6. The van der Waals surface area contributed by atoms with Gasteiger partial charge in [0.25, 0.3) is 5.69 Å². The smallest absolute Gasteiger partial charge is 0.343 e. The molecule has 0 spiro atoms. The second-order valence-electron chi connectivity index (χ2n) is 4.53. The zero-order chi connectivity index (χ0) is 17.3. The fraction of sp³-hybridized carbons (Fsp3) is 0.0714. The van der Waals surface area contributed by atoms with Crippen molar-refractivity contribution < 1.29 is 28.3 Å². The van der Waals surface area contributed by atoms with Crippen LogP contribution in [-0.2, 0) is 0 Å². The summed E-state index contributed by atoms with van der Waals surface area (Å²) in [4.78, 5) is 21.2. The number of nitrogens with two attached hydrogens (primary N) is 1. The molecule has 0 aromatic heterocycles. The van der Waals surface area contributed by atoms with Gasteiger partial charge >= 0.3 is 5.97 Å². The van der Waals surface area contributed by atoms with Crippen molar-refractivity contribution in [2.45, 2.75) is 6.92 Å². The summed E-state index contributed by atoms with van der Waals surface area (Å²) in [6.07, 6.45) is 0. The molecule has 0 fully saturated rings. The van der Waals surface area contributed by atoms with Gasteiger partial charge in [0.1, 0.15) is 11.3 Å². The van der Waals surface area contributed by atoms with Gasteiger partial charge in [0.2, 0.25) is 5.75 Å². The SMILES string of the molecule is Cc1c(Oc2c(F)ccc(N)c2F)ccc([N+](=O)[O-])c1C(=O)O. The van der Waals surface area contributed by atoms with Crippen molar-refractivity contribution in [3.63, 3.8) is 0 Å². The number of carboxylic acids is 1. The number of nitro groups is 1. The lowest BCUT2D eigenvalue weighted by Gasteiger charge is -2.13. The van der Waals surface area contributed by atoms with Gasteiger partial charge in [-0.25, -0.2) is 13.6 Å². The summed E-state index contributed by atoms with van der Waals surface area (Å²) in [5.41, 5.74) is 3.53. The number of nitrogens with zero attached hydrogens (tertiary/aromatic N) is 1. The predicted octanol–water partition coefficient (Wildman–Crippen LogP) is 3.25. The standard InChI is InChI=1S/C14H10F2N2O5/c1-6-10(5-4-9(18(21)22)11(6)14(19)20)23-13-7(15)2-3-8(17)12(13)16/h2-5H,17H2,1H3,(H,19,20). The van der Waals surface area contributed by atoms with Crippen LogP contribution in [0, 0.1) is 28.7 Å². The maximum absolute atomic E-state index is 13.8. The first-order valence-corrected chi connectivity index (χ1v) is 6.16. The van der Waals surface area contributed by atoms with Crippen LogP contribution in [0.2, 0.25) is 0 Å². The van der Waals surface area contributed by atoms with E-state index in [4.69, 9.17) is 15.6 Å². The largest absolute Gasteiger partial charge is 0.477 e. The first-order chi connectivity index (χ1) is 10.7. The second-order valence-corrected chi connectivity index (χ2v) is 4.53. The normalized spacial score (nSPS) is 10.4. The highest BCUT2D eigenvalue weighted by Crippen LogP contribution is 2.35. The molecule has 0 aliphatic heterocycles. The number of halogens is 2. The minimum absolute atomic E-state index is 0.145. The lowest BCUT2D eigenvalue weighted by atomic mass is 10.1. The Bertz CT molecular complexity index is 823. The van der Waals surface area contributed by atoms with Gasteiger partial charge < -0.3 is 15.6 Å². The Balaban J connectivity index is 2.59. The number of carbonyl (C=O) groups is 1. The number of aromatic carboxylic acids is 1. The molecule has 7 nitrogen and oxygen atoms in total. The van der Waals surface area contributed by atoms with Crippen molar-refractivity contribution >= 4 is 17.3 Å². The minimum Gasteiger partial charge on any atom is -0.477 e. The minimum atomic E-state index is -1.56. The van der Waals surface area contributed by atoms with Crippen molar-refractivity contribution in [1.29, 1.82) is 0 Å². The molecule has 0 saturated heterocycles. The van der Waals surface area contributed by atoms with Crippen LogP contribution in [0.4, 0.5) is 20.2 Å². The number of rotatable bonds is 4. The molecule has 2 aromatic carbocycles. The fourth-order valence-corrected chi connectivity index (χ4v) is 1.96. The zero-order valence-corrected chi connectivity index (χ0v) is 11.7. The van der Waals surface area contributed by atoms with Gasteiger partial charge in [-0.15, -0.1) is 0 Å². The van der Waals surface area contributed by atoms with Gasteiger partial charge in [-0.3, -0.25) is 10.1 Å². The molecule has 0 bridgehead atoms. The summed E-state index contributed by atoms with van der Waals surface area (Å²) in [6.45, 7) is 1.23. The molecule has 9 heteroatoms. The maximum atomic E-state index is 13.8. The van der Waals surface area contributed by atoms with Gasteiger partial charge in [0.15, 0.2) is 11.6 Å². The molecular formula is C14H10F2N2O5. The molecule has 0 amide bonds. The van der Waals surface area contributed by atoms with E-state index < -0.39 is 39.5 Å². The van der Waals surface area contributed by atoms with Gasteiger partial charge in [-0.1, -0.05) is 0 Å². The second kappa shape index (κ2) is 5.87. The number of hydrogen-bond acceptors (Lipinski definition) is 5. The average Bonchev–Trinajstić information content (AvgIpc) is 2.48. The van der Waals surface area contributed by atoms with Gasteiger partial charge in [-0.2, -0.15) is 0 Å². The highest BCUT2D eigenvalue weighted by Gasteiger charge is 2.26. The topological polar surface area (TPSA) is 116 Å². The Hall–Kier alpha value is -3.23. The molecule has 0 unspecified atom stereocenters. The van der Waals surface area contributed by atoms with E-state index in [0.717, 1.165) is 24.3 Å². The molecule has 0 aliphatic carbocycles. The van der Waals surface area contributed by atoms with Crippen LogP contribution >= 0.6 is 0 Å². The first kappa shape index (κ1) is 16.1. The van der Waals surface area contributed by atoms with E-state index in [1.807, 2.05) is 0 Å². The van der Waals surface area contributed by atoms with Crippen LogP contribution in [-0.4, -0.2) is 16.0 Å². The van der Waals surface area contributed by atoms with Crippen LogP contribution < -0.4 is 10.5 Å². The van der Waals surface area contributed by atoms with Gasteiger partial charge in [-0.05, 0) is 25.1 Å². The van der Waals surface area contributed by atoms with E-state index in [1.54, 1.807) is 0 Å². The van der Waals surface area contributed by atoms with Crippen LogP contribution in [0.5, 0.6) is 11.5 Å². The molecule has 0 atom stereocenters. The molecule has 0 saturated carbocycles. The number of ether oxygens (including phenoxy) is 1. The van der Waals surface area contributed by atoms with Crippen LogP contribution in [0.15, 0.2) is 24.3 Å². The van der Waals surface area contributed by atoms with Crippen LogP contribution in [0.25, 0.3) is 0 Å². The summed E-state index contributed by atoms with van der Waals surface area (Å²) in [5.74, 6) is -4.83. The zero-order valence-electron chi connectivity index (χ0n) is 11.7. The maximum Gasteiger partial charge on any atom is 0.343 e. The fourth-order valence-electron chi connectivity index (χ4n) is 1.96. The molecule has 2 aromatic rings. The predicted molar refractivity (Wildman–Crippen MR) is 75.6 cm³/mol. The van der Waals surface area contributed by atoms with E-state index in [1.165, 1.54) is 6.92 Å². The Morgan fingerprint density at radius 3 is 2.52 bits per heavy atom. The summed E-state index contributed by atoms with van der Waals surface area (Å²) >= 11 is 0. The number of carboxylic acid groups (broad SMARTS) is 1. The molecule has 2 rings (SSSR count). The quantitative estimate of drug-likeness (QED) is 0.506. The first-order valence-electron chi connectivity index (χ1n) is 6.16. The van der Waals surface area contributed by atoms with E-state index in [-0.39, 0.29) is 17.0 Å². The van der Waals surface area contributed by atoms with E-state index >= 15 is 0 Å². The van der Waals surface area contributed by atoms with E-state index in [0.29, 0.717) is 0 Å². The van der Waals surface area contributed by atoms with Crippen molar-refractivity contribution in [2.24, 2.45) is 0 Å². The third kappa shape index (κ3) is 2.89. The molecule has 0 heterocycles. The number of nitro benzene ring substituents is 1. The third-order valence-corrected chi connectivity index (χ3v) is 3.09. The van der Waals surface area contributed by atoms with Gasteiger partial charge in [0, 0.05) is 11.6 Å². The van der Waals surface area contributed by atoms with Gasteiger partial charge in [0.05, 0.1) is 10.6 Å². The Morgan fingerprint density at radius 2 is 1.96 bits per heavy atom. The van der Waals surface area contributed by atoms with Crippen molar-refractivity contribution in [3.8, 4) is 11.5 Å². The van der Waals surface area contributed by atoms with Crippen LogP contribution in [0.3, 0.4) is 0 Å². The molecule has 23 heavy (non-hydrogen) atoms. The third-order valence-electron chi connectivity index (χ3n) is 3.09. The number of anilines is 1.